The van der Waals surface area contributed by atoms with E-state index >= 15 is 0 Å². The molecule has 1 aromatic carbocycles. The van der Waals surface area contributed by atoms with Crippen LogP contribution in [0.5, 0.6) is 0 Å². The molecule has 6 heteroatoms. The highest BCUT2D eigenvalue weighted by atomic mass is 32.2. The van der Waals surface area contributed by atoms with Crippen LogP contribution in [0.15, 0.2) is 29.2 Å². The van der Waals surface area contributed by atoms with Crippen LogP contribution < -0.4 is 9.62 Å². The molecule has 1 aliphatic heterocycles. The van der Waals surface area contributed by atoms with E-state index in [-0.39, 0.29) is 6.61 Å². The van der Waals surface area contributed by atoms with Crippen molar-refractivity contribution in [3.63, 3.8) is 0 Å². The first kappa shape index (κ1) is 16.3. The molecule has 118 valence electrons. The lowest BCUT2D eigenvalue weighted by Gasteiger charge is -2.28. The number of nitrogens with one attached hydrogen (secondary N) is 1. The molecular formula is C15H24N2O3S. The van der Waals surface area contributed by atoms with Gasteiger partial charge in [-0.15, -0.1) is 0 Å². The van der Waals surface area contributed by atoms with Gasteiger partial charge >= 0.3 is 0 Å². The summed E-state index contributed by atoms with van der Waals surface area (Å²) >= 11 is 0. The first-order chi connectivity index (χ1) is 10.1. The van der Waals surface area contributed by atoms with Crippen LogP contribution >= 0.6 is 0 Å². The number of hydrogen-bond acceptors (Lipinski definition) is 4. The van der Waals surface area contributed by atoms with Crippen LogP contribution in [-0.2, 0) is 10.0 Å². The molecule has 0 aromatic heterocycles. The summed E-state index contributed by atoms with van der Waals surface area (Å²) in [6, 6.07) is 7.49. The van der Waals surface area contributed by atoms with Gasteiger partial charge in [0, 0.05) is 25.7 Å². The third-order valence-electron chi connectivity index (χ3n) is 3.87. The summed E-state index contributed by atoms with van der Waals surface area (Å²) in [6.07, 6.45) is 3.76. The second-order valence-corrected chi connectivity index (χ2v) is 7.06. The van der Waals surface area contributed by atoms with Crippen LogP contribution in [0.4, 0.5) is 5.69 Å². The Morgan fingerprint density at radius 3 is 2.86 bits per heavy atom. The van der Waals surface area contributed by atoms with E-state index in [1.165, 1.54) is 0 Å². The van der Waals surface area contributed by atoms with Gasteiger partial charge in [-0.05, 0) is 37.8 Å². The van der Waals surface area contributed by atoms with E-state index in [1.807, 2.05) is 12.1 Å². The summed E-state index contributed by atoms with van der Waals surface area (Å²) in [5, 5.41) is 9.01. The molecule has 1 unspecified atom stereocenters. The first-order valence-corrected chi connectivity index (χ1v) is 9.04. The standard InChI is InChI=1S/C15H24N2O3S/c1-2-16-21(19,20)15-10-4-3-9-14(15)17-11-5-7-13(17)8-6-12-18/h3-4,9-10,13,16,18H,2,5-8,11-12H2,1H3. The molecular weight excluding hydrogens is 288 g/mol. The quantitative estimate of drug-likeness (QED) is 0.804. The monoisotopic (exact) mass is 312 g/mol. The lowest BCUT2D eigenvalue weighted by Crippen LogP contribution is -2.32. The molecule has 21 heavy (non-hydrogen) atoms. The van der Waals surface area contributed by atoms with Crippen molar-refractivity contribution in [2.75, 3.05) is 24.6 Å². The van der Waals surface area contributed by atoms with Gasteiger partial charge in [0.05, 0.1) is 5.69 Å². The average Bonchev–Trinajstić information content (AvgIpc) is 2.93. The van der Waals surface area contributed by atoms with Crippen molar-refractivity contribution in [2.24, 2.45) is 0 Å². The molecule has 0 saturated carbocycles. The van der Waals surface area contributed by atoms with Crippen LogP contribution in [0.1, 0.15) is 32.6 Å². The lowest BCUT2D eigenvalue weighted by atomic mass is 10.1. The van der Waals surface area contributed by atoms with Gasteiger partial charge in [-0.1, -0.05) is 19.1 Å². The molecule has 1 atom stereocenters. The minimum absolute atomic E-state index is 0.182. The highest BCUT2D eigenvalue weighted by Crippen LogP contribution is 2.32. The summed E-state index contributed by atoms with van der Waals surface area (Å²) in [5.74, 6) is 0. The van der Waals surface area contributed by atoms with Crippen molar-refractivity contribution in [2.45, 2.75) is 43.5 Å². The topological polar surface area (TPSA) is 69.6 Å². The van der Waals surface area contributed by atoms with Crippen LogP contribution in [0, 0.1) is 0 Å². The largest absolute Gasteiger partial charge is 0.396 e. The fourth-order valence-corrected chi connectivity index (χ4v) is 4.22. The Morgan fingerprint density at radius 1 is 1.38 bits per heavy atom. The zero-order valence-electron chi connectivity index (χ0n) is 12.5. The van der Waals surface area contributed by atoms with Crippen molar-refractivity contribution in [3.05, 3.63) is 24.3 Å². The number of rotatable bonds is 7. The molecule has 1 aromatic rings. The number of aliphatic hydroxyl groups is 1. The molecule has 0 aliphatic carbocycles. The van der Waals surface area contributed by atoms with Gasteiger partial charge in [0.25, 0.3) is 0 Å². The summed E-state index contributed by atoms with van der Waals surface area (Å²) in [6.45, 7) is 3.21. The number of aliphatic hydroxyl groups excluding tert-OH is 1. The Labute approximate surface area is 127 Å². The third-order valence-corrected chi connectivity index (χ3v) is 5.46. The van der Waals surface area contributed by atoms with Crippen molar-refractivity contribution in [3.8, 4) is 0 Å². The predicted molar refractivity (Wildman–Crippen MR) is 84.0 cm³/mol. The zero-order chi connectivity index (χ0) is 15.3. The first-order valence-electron chi connectivity index (χ1n) is 7.56. The molecule has 1 saturated heterocycles. The minimum atomic E-state index is -3.46. The maximum Gasteiger partial charge on any atom is 0.242 e. The molecule has 1 heterocycles. The molecule has 1 fully saturated rings. The molecule has 2 N–H and O–H groups in total. The lowest BCUT2D eigenvalue weighted by molar-refractivity contribution is 0.279. The fraction of sp³-hybridized carbons (Fsp3) is 0.600. The zero-order valence-corrected chi connectivity index (χ0v) is 13.3. The second kappa shape index (κ2) is 7.24. The van der Waals surface area contributed by atoms with E-state index in [0.717, 1.165) is 37.9 Å². The molecule has 1 aliphatic rings. The summed E-state index contributed by atoms with van der Waals surface area (Å²) in [4.78, 5) is 2.53. The smallest absolute Gasteiger partial charge is 0.242 e. The SMILES string of the molecule is CCNS(=O)(=O)c1ccccc1N1CCCC1CCCO. The van der Waals surface area contributed by atoms with Gasteiger partial charge in [-0.2, -0.15) is 0 Å². The number of hydrogen-bond donors (Lipinski definition) is 2. The van der Waals surface area contributed by atoms with Gasteiger partial charge in [0.1, 0.15) is 4.90 Å². The maximum atomic E-state index is 12.4. The fourth-order valence-electron chi connectivity index (χ4n) is 2.97. The third kappa shape index (κ3) is 3.75. The van der Waals surface area contributed by atoms with E-state index in [4.69, 9.17) is 5.11 Å². The molecule has 0 radical (unpaired) electrons. The van der Waals surface area contributed by atoms with Crippen LogP contribution in [0.3, 0.4) is 0 Å². The Bertz CT molecular complexity index is 560. The highest BCUT2D eigenvalue weighted by Gasteiger charge is 2.28. The summed E-state index contributed by atoms with van der Waals surface area (Å²) < 4.78 is 27.3. The van der Waals surface area contributed by atoms with Crippen molar-refractivity contribution in [1.82, 2.24) is 4.72 Å². The van der Waals surface area contributed by atoms with Gasteiger partial charge in [0.15, 0.2) is 0 Å². The molecule has 2 rings (SSSR count). The number of nitrogens with zero attached hydrogens (tertiary/aromatic N) is 1. The van der Waals surface area contributed by atoms with Crippen LogP contribution in [0.2, 0.25) is 0 Å². The van der Waals surface area contributed by atoms with Gasteiger partial charge in [-0.25, -0.2) is 13.1 Å². The predicted octanol–water partition coefficient (Wildman–Crippen LogP) is 1.73. The van der Waals surface area contributed by atoms with E-state index in [9.17, 15) is 8.42 Å². The summed E-state index contributed by atoms with van der Waals surface area (Å²) in [5.41, 5.74) is 0.777. The number of para-hydroxylation sites is 1. The van der Waals surface area contributed by atoms with Gasteiger partial charge in [0.2, 0.25) is 10.0 Å². The number of benzene rings is 1. The molecule has 0 spiro atoms. The van der Waals surface area contributed by atoms with E-state index < -0.39 is 10.0 Å². The second-order valence-electron chi connectivity index (χ2n) is 5.32. The normalized spacial score (nSPS) is 19.1. The molecule has 0 amide bonds. The number of anilines is 1. The Balaban J connectivity index is 2.31. The van der Waals surface area contributed by atoms with Gasteiger partial charge in [-0.3, -0.25) is 0 Å². The Hall–Kier alpha value is -1.11. The van der Waals surface area contributed by atoms with Crippen LogP contribution in [0.25, 0.3) is 0 Å². The average molecular weight is 312 g/mol. The van der Waals surface area contributed by atoms with Crippen molar-refractivity contribution >= 4 is 15.7 Å². The minimum Gasteiger partial charge on any atom is -0.396 e. The maximum absolute atomic E-state index is 12.4. The van der Waals surface area contributed by atoms with Crippen molar-refractivity contribution in [1.29, 1.82) is 0 Å². The summed E-state index contributed by atoms with van der Waals surface area (Å²) in [7, 11) is -3.46. The molecule has 0 bridgehead atoms. The Kier molecular flexibility index (Phi) is 5.61. The van der Waals surface area contributed by atoms with E-state index in [1.54, 1.807) is 19.1 Å². The van der Waals surface area contributed by atoms with E-state index in [0.29, 0.717) is 17.5 Å². The number of sulfonamides is 1. The Morgan fingerprint density at radius 2 is 2.14 bits per heavy atom. The van der Waals surface area contributed by atoms with Crippen LogP contribution in [-0.4, -0.2) is 39.3 Å². The molecule has 5 nitrogen and oxygen atoms in total. The van der Waals surface area contributed by atoms with Gasteiger partial charge < -0.3 is 10.0 Å². The van der Waals surface area contributed by atoms with Crippen molar-refractivity contribution < 1.29 is 13.5 Å². The highest BCUT2D eigenvalue weighted by molar-refractivity contribution is 7.89. The van der Waals surface area contributed by atoms with E-state index in [2.05, 4.69) is 9.62 Å².